The monoisotopic (exact) mass is 833 g/mol. The number of fused-ring (bicyclic) bond motifs is 6. The van der Waals surface area contributed by atoms with Gasteiger partial charge in [0.25, 0.3) is 0 Å². The molecule has 0 saturated heterocycles. The van der Waals surface area contributed by atoms with Crippen LogP contribution in [0.25, 0.3) is 55.5 Å². The highest BCUT2D eigenvalue weighted by atomic mass is 15.1. The number of allylic oxidation sites excluding steroid dienone is 7. The topological polar surface area (TPSA) is 30.7 Å². The predicted octanol–water partition coefficient (Wildman–Crippen LogP) is 16.2. The number of aromatic nitrogens is 3. The van der Waals surface area contributed by atoms with Crippen LogP contribution in [0.5, 0.6) is 0 Å². The molecule has 3 heteroatoms. The van der Waals surface area contributed by atoms with Gasteiger partial charge in [-0.15, -0.1) is 6.58 Å². The molecule has 2 aromatic heterocycles. The largest absolute Gasteiger partial charge is 0.298 e. The van der Waals surface area contributed by atoms with E-state index >= 15 is 0 Å². The lowest BCUT2D eigenvalue weighted by Crippen LogP contribution is -2.35. The summed E-state index contributed by atoms with van der Waals surface area (Å²) >= 11 is 0. The Morgan fingerprint density at radius 1 is 0.719 bits per heavy atom. The Hall–Kier alpha value is -7.10. The first kappa shape index (κ1) is 43.5. The average molecular weight is 834 g/mol. The highest BCUT2D eigenvalue weighted by Gasteiger charge is 2.48. The first-order chi connectivity index (χ1) is 31.5. The second-order valence-corrected chi connectivity index (χ2v) is 16.4. The van der Waals surface area contributed by atoms with Crippen LogP contribution in [0.3, 0.4) is 0 Å². The molecule has 0 aliphatic heterocycles. The van der Waals surface area contributed by atoms with E-state index in [-0.39, 0.29) is 11.3 Å². The van der Waals surface area contributed by atoms with Gasteiger partial charge in [-0.2, -0.15) is 0 Å². The molecule has 318 valence electrons. The van der Waals surface area contributed by atoms with Gasteiger partial charge < -0.3 is 0 Å². The fourth-order valence-electron chi connectivity index (χ4n) is 10.2. The molecule has 8 aromatic rings. The number of benzene rings is 6. The van der Waals surface area contributed by atoms with Crippen LogP contribution in [0.2, 0.25) is 0 Å². The van der Waals surface area contributed by atoms with Gasteiger partial charge in [0.15, 0.2) is 5.82 Å². The van der Waals surface area contributed by atoms with Crippen LogP contribution >= 0.6 is 0 Å². The molecule has 64 heavy (non-hydrogen) atoms. The molecule has 2 heterocycles. The van der Waals surface area contributed by atoms with Crippen molar-refractivity contribution in [3.05, 3.63) is 242 Å². The number of hydrogen-bond acceptors (Lipinski definition) is 2. The van der Waals surface area contributed by atoms with Gasteiger partial charge in [0.1, 0.15) is 5.82 Å². The second-order valence-electron chi connectivity index (χ2n) is 16.4. The first-order valence-electron chi connectivity index (χ1n) is 23.0. The molecule has 6 aromatic carbocycles. The van der Waals surface area contributed by atoms with E-state index in [2.05, 4.69) is 202 Å². The van der Waals surface area contributed by atoms with Gasteiger partial charge in [0, 0.05) is 28.3 Å². The summed E-state index contributed by atoms with van der Waals surface area (Å²) < 4.78 is 2.37. The molecule has 0 amide bonds. The van der Waals surface area contributed by atoms with Crippen LogP contribution < -0.4 is 0 Å². The summed E-state index contributed by atoms with van der Waals surface area (Å²) in [5, 5.41) is 3.68. The summed E-state index contributed by atoms with van der Waals surface area (Å²) in [6.07, 6.45) is 15.9. The van der Waals surface area contributed by atoms with Crippen molar-refractivity contribution in [3.8, 4) is 28.2 Å². The lowest BCUT2D eigenvalue weighted by Gasteiger charge is -2.39. The van der Waals surface area contributed by atoms with Crippen LogP contribution in [-0.4, -0.2) is 14.5 Å². The Morgan fingerprint density at radius 2 is 1.44 bits per heavy atom. The normalized spacial score (nSPS) is 15.3. The number of aryl methyl sites for hydroxylation is 1. The summed E-state index contributed by atoms with van der Waals surface area (Å²) in [6.45, 7) is 20.8. The minimum atomic E-state index is -0.334. The summed E-state index contributed by atoms with van der Waals surface area (Å²) in [5.74, 6) is 2.00. The molecule has 3 unspecified atom stereocenters. The van der Waals surface area contributed by atoms with Gasteiger partial charge in [0.05, 0.1) is 16.6 Å². The van der Waals surface area contributed by atoms with Gasteiger partial charge in [-0.1, -0.05) is 204 Å². The minimum absolute atomic E-state index is 0.208. The highest BCUT2D eigenvalue weighted by Crippen LogP contribution is 2.58. The molecule has 3 atom stereocenters. The quantitative estimate of drug-likeness (QED) is 0.0761. The van der Waals surface area contributed by atoms with E-state index in [1.54, 1.807) is 6.08 Å². The molecule has 0 bridgehead atoms. The zero-order valence-electron chi connectivity index (χ0n) is 37.8. The van der Waals surface area contributed by atoms with E-state index in [9.17, 15) is 0 Å². The third kappa shape index (κ3) is 7.81. The minimum Gasteiger partial charge on any atom is -0.298 e. The zero-order valence-corrected chi connectivity index (χ0v) is 37.8. The van der Waals surface area contributed by atoms with E-state index < -0.39 is 0 Å². The number of nitrogens with zero attached hydrogens (tertiary/aromatic N) is 3. The van der Waals surface area contributed by atoms with E-state index in [1.807, 2.05) is 32.1 Å². The molecule has 9 rings (SSSR count). The van der Waals surface area contributed by atoms with Crippen LogP contribution in [0.4, 0.5) is 0 Å². The Labute approximate surface area is 380 Å². The van der Waals surface area contributed by atoms with Crippen molar-refractivity contribution in [2.24, 2.45) is 5.92 Å². The van der Waals surface area contributed by atoms with E-state index in [0.717, 1.165) is 53.8 Å². The molecular formula is C61H59N3. The standard InChI is InChI=1S/C59H53N3.C2H6/c1-6-21-42(10-5)58-60-55(44-25-13-11-14-26-44)40-57(61-58)62-48(39-52-49-29-18-17-24-43(49)34-37-56(52)62)35-32-41(9-4)45-33-36-54-51(38-45)50-30-19-20-31-53(50)59(54,46(22-7-2)23-8-3)47-27-15-12-16-28-47;1-2/h6-8,10-21,23-31,33-34,36-41,46H,1-2,5,9,22,32,35H2,3-4H3;1-2H3/b23-8-,42-21+;. The van der Waals surface area contributed by atoms with Crippen molar-refractivity contribution < 1.29 is 0 Å². The lowest BCUT2D eigenvalue weighted by atomic mass is 9.63. The smallest absolute Gasteiger partial charge is 0.162 e. The van der Waals surface area contributed by atoms with Crippen LogP contribution in [0, 0.1) is 5.92 Å². The van der Waals surface area contributed by atoms with E-state index in [0.29, 0.717) is 11.7 Å². The molecule has 0 N–H and O–H groups in total. The Bertz CT molecular complexity index is 3000. The van der Waals surface area contributed by atoms with Gasteiger partial charge in [-0.25, -0.2) is 9.97 Å². The fraction of sp³-hybridized carbons (Fsp3) is 0.180. The fourth-order valence-corrected chi connectivity index (χ4v) is 10.2. The van der Waals surface area contributed by atoms with Crippen LogP contribution in [0.15, 0.2) is 208 Å². The Morgan fingerprint density at radius 3 is 2.17 bits per heavy atom. The van der Waals surface area contributed by atoms with Gasteiger partial charge >= 0.3 is 0 Å². The zero-order chi connectivity index (χ0) is 44.6. The Balaban J connectivity index is 0.00000276. The predicted molar refractivity (Wildman–Crippen MR) is 274 cm³/mol. The van der Waals surface area contributed by atoms with Crippen LogP contribution in [-0.2, 0) is 11.8 Å². The average Bonchev–Trinajstić information content (AvgIpc) is 3.88. The van der Waals surface area contributed by atoms with Crippen molar-refractivity contribution in [1.29, 1.82) is 0 Å². The molecule has 0 saturated carbocycles. The third-order valence-corrected chi connectivity index (χ3v) is 13.0. The molecule has 1 aliphatic rings. The number of hydrogen-bond donors (Lipinski definition) is 0. The lowest BCUT2D eigenvalue weighted by molar-refractivity contribution is 0.460. The van der Waals surface area contributed by atoms with Crippen LogP contribution in [0.1, 0.15) is 86.6 Å². The molecule has 0 fully saturated rings. The molecule has 3 nitrogen and oxygen atoms in total. The summed E-state index contributed by atoms with van der Waals surface area (Å²) in [5.41, 5.74) is 12.8. The molecule has 0 radical (unpaired) electrons. The second kappa shape index (κ2) is 19.5. The van der Waals surface area contributed by atoms with Crippen molar-refractivity contribution in [3.63, 3.8) is 0 Å². The van der Waals surface area contributed by atoms with Crippen molar-refractivity contribution in [2.45, 2.75) is 64.7 Å². The molecular weight excluding hydrogens is 775 g/mol. The maximum atomic E-state index is 5.28. The van der Waals surface area contributed by atoms with Gasteiger partial charge in [-0.05, 0) is 101 Å². The van der Waals surface area contributed by atoms with E-state index in [1.165, 1.54) is 55.2 Å². The van der Waals surface area contributed by atoms with E-state index in [4.69, 9.17) is 9.97 Å². The Kier molecular flexibility index (Phi) is 13.3. The van der Waals surface area contributed by atoms with Crippen molar-refractivity contribution in [1.82, 2.24) is 14.5 Å². The molecule has 0 spiro atoms. The third-order valence-electron chi connectivity index (χ3n) is 13.0. The van der Waals surface area contributed by atoms with Gasteiger partial charge in [0.2, 0.25) is 0 Å². The van der Waals surface area contributed by atoms with Crippen molar-refractivity contribution in [2.75, 3.05) is 0 Å². The first-order valence-corrected chi connectivity index (χ1v) is 23.0. The van der Waals surface area contributed by atoms with Crippen molar-refractivity contribution >= 4 is 27.2 Å². The SMILES string of the molecule is C=C/C=C(\C=C)c1nc(-c2ccccc2)cc(-n2c(CCC(CC)c3ccc4c(c3)-c3ccccc3C4(c3ccccc3)C(/C=C\C)CC=C)cc3c4ccccc4ccc32)n1.CC. The summed E-state index contributed by atoms with van der Waals surface area (Å²) in [7, 11) is 0. The maximum absolute atomic E-state index is 5.28. The number of rotatable bonds is 15. The maximum Gasteiger partial charge on any atom is 0.162 e. The summed E-state index contributed by atoms with van der Waals surface area (Å²) in [6, 6.07) is 55.6. The van der Waals surface area contributed by atoms with Gasteiger partial charge in [-0.3, -0.25) is 4.57 Å². The summed E-state index contributed by atoms with van der Waals surface area (Å²) in [4.78, 5) is 10.4. The molecule has 1 aliphatic carbocycles. The highest BCUT2D eigenvalue weighted by molar-refractivity contribution is 6.07.